The first kappa shape index (κ1) is 11.4. The highest BCUT2D eigenvalue weighted by molar-refractivity contribution is 6.02. The number of carboxylic acids is 1. The quantitative estimate of drug-likeness (QED) is 0.754. The minimum absolute atomic E-state index is 0.232. The molecule has 2 aromatic carbocycles. The highest BCUT2D eigenvalue weighted by Crippen LogP contribution is 2.23. The van der Waals surface area contributed by atoms with Gasteiger partial charge in [-0.15, -0.1) is 0 Å². The maximum absolute atomic E-state index is 11.2. The molecule has 3 aromatic rings. The average molecular weight is 249 g/mol. The molecule has 0 amide bonds. The molecule has 1 N–H and O–H groups in total. The van der Waals surface area contributed by atoms with Crippen LogP contribution in [0.5, 0.6) is 0 Å². The van der Waals surface area contributed by atoms with Crippen molar-refractivity contribution < 1.29 is 9.90 Å². The third-order valence-electron chi connectivity index (χ3n) is 3.02. The van der Waals surface area contributed by atoms with E-state index in [4.69, 9.17) is 0 Å². The fraction of sp³-hybridized carbons (Fsp3) is 0. The number of hydrogen-bond donors (Lipinski definition) is 1. The molecule has 0 spiro atoms. The standard InChI is InChI=1S/C16H11NO2/c18-16(19)13-8-4-7-12-9-10-14(17-15(12)13)11-5-2-1-3-6-11/h1-10H,(H,18,19). The normalized spacial score (nSPS) is 10.5. The van der Waals surface area contributed by atoms with Gasteiger partial charge in [-0.2, -0.15) is 0 Å². The topological polar surface area (TPSA) is 50.2 Å². The number of pyridine rings is 1. The number of nitrogens with zero attached hydrogens (tertiary/aromatic N) is 1. The summed E-state index contributed by atoms with van der Waals surface area (Å²) in [7, 11) is 0. The monoisotopic (exact) mass is 249 g/mol. The lowest BCUT2D eigenvalue weighted by Crippen LogP contribution is -1.99. The number of carbonyl (C=O) groups is 1. The number of aromatic nitrogens is 1. The molecule has 0 saturated carbocycles. The van der Waals surface area contributed by atoms with Gasteiger partial charge in [-0.05, 0) is 12.1 Å². The van der Waals surface area contributed by atoms with Crippen molar-refractivity contribution in [2.45, 2.75) is 0 Å². The molecule has 0 radical (unpaired) electrons. The van der Waals surface area contributed by atoms with E-state index in [1.54, 1.807) is 12.1 Å². The Morgan fingerprint density at radius 2 is 1.68 bits per heavy atom. The van der Waals surface area contributed by atoms with Crippen molar-refractivity contribution in [3.63, 3.8) is 0 Å². The Morgan fingerprint density at radius 3 is 2.42 bits per heavy atom. The fourth-order valence-corrected chi connectivity index (χ4v) is 2.09. The summed E-state index contributed by atoms with van der Waals surface area (Å²) >= 11 is 0. The molecule has 92 valence electrons. The molecule has 1 heterocycles. The number of fused-ring (bicyclic) bond motifs is 1. The van der Waals surface area contributed by atoms with E-state index in [2.05, 4.69) is 4.98 Å². The highest BCUT2D eigenvalue weighted by atomic mass is 16.4. The summed E-state index contributed by atoms with van der Waals surface area (Å²) < 4.78 is 0. The molecule has 0 aliphatic rings. The van der Waals surface area contributed by atoms with Gasteiger partial charge in [0, 0.05) is 10.9 Å². The largest absolute Gasteiger partial charge is 0.478 e. The molecule has 3 rings (SSSR count). The second-order valence-corrected chi connectivity index (χ2v) is 4.24. The Morgan fingerprint density at radius 1 is 0.895 bits per heavy atom. The number of aromatic carboxylic acids is 1. The Hall–Kier alpha value is -2.68. The summed E-state index contributed by atoms with van der Waals surface area (Å²) in [6.45, 7) is 0. The summed E-state index contributed by atoms with van der Waals surface area (Å²) in [6.07, 6.45) is 0. The number of para-hydroxylation sites is 1. The van der Waals surface area contributed by atoms with Crippen LogP contribution in [0.4, 0.5) is 0 Å². The van der Waals surface area contributed by atoms with E-state index in [1.165, 1.54) is 0 Å². The van der Waals surface area contributed by atoms with Crippen LogP contribution in [0.1, 0.15) is 10.4 Å². The van der Waals surface area contributed by atoms with Crippen molar-refractivity contribution >= 4 is 16.9 Å². The molecule has 0 fully saturated rings. The van der Waals surface area contributed by atoms with E-state index >= 15 is 0 Å². The lowest BCUT2D eigenvalue weighted by molar-refractivity contribution is 0.0699. The number of benzene rings is 2. The molecule has 19 heavy (non-hydrogen) atoms. The van der Waals surface area contributed by atoms with Gasteiger partial charge in [-0.1, -0.05) is 48.5 Å². The molecular weight excluding hydrogens is 238 g/mol. The van der Waals surface area contributed by atoms with Gasteiger partial charge in [0.25, 0.3) is 0 Å². The zero-order valence-electron chi connectivity index (χ0n) is 10.1. The second kappa shape index (κ2) is 4.53. The molecule has 0 bridgehead atoms. The van der Waals surface area contributed by atoms with Gasteiger partial charge >= 0.3 is 5.97 Å². The first-order chi connectivity index (χ1) is 9.25. The third kappa shape index (κ3) is 2.06. The average Bonchev–Trinajstić information content (AvgIpc) is 2.47. The van der Waals surface area contributed by atoms with Gasteiger partial charge in [0.2, 0.25) is 0 Å². The van der Waals surface area contributed by atoms with Gasteiger partial charge in [0.1, 0.15) is 0 Å². The van der Waals surface area contributed by atoms with E-state index in [-0.39, 0.29) is 5.56 Å². The lowest BCUT2D eigenvalue weighted by atomic mass is 10.1. The predicted octanol–water partition coefficient (Wildman–Crippen LogP) is 3.60. The van der Waals surface area contributed by atoms with Gasteiger partial charge in [-0.25, -0.2) is 9.78 Å². The Labute approximate surface area is 110 Å². The number of carboxylic acid groups (broad SMARTS) is 1. The van der Waals surface area contributed by atoms with Crippen molar-refractivity contribution in [2.75, 3.05) is 0 Å². The van der Waals surface area contributed by atoms with Crippen LogP contribution in [0.25, 0.3) is 22.2 Å². The minimum atomic E-state index is -0.955. The molecule has 0 aliphatic heterocycles. The van der Waals surface area contributed by atoms with Crippen molar-refractivity contribution in [1.82, 2.24) is 4.98 Å². The number of rotatable bonds is 2. The van der Waals surface area contributed by atoms with Gasteiger partial charge in [0.15, 0.2) is 0 Å². The molecule has 0 aliphatic carbocycles. The summed E-state index contributed by atoms with van der Waals surface area (Å²) in [5, 5.41) is 10.0. The van der Waals surface area contributed by atoms with Crippen LogP contribution in [-0.2, 0) is 0 Å². The van der Waals surface area contributed by atoms with Crippen LogP contribution < -0.4 is 0 Å². The van der Waals surface area contributed by atoms with Gasteiger partial charge in [-0.3, -0.25) is 0 Å². The first-order valence-electron chi connectivity index (χ1n) is 5.94. The van der Waals surface area contributed by atoms with E-state index < -0.39 is 5.97 Å². The minimum Gasteiger partial charge on any atom is -0.478 e. The van der Waals surface area contributed by atoms with Crippen molar-refractivity contribution in [3.8, 4) is 11.3 Å². The van der Waals surface area contributed by atoms with Crippen LogP contribution in [0.15, 0.2) is 60.7 Å². The molecule has 0 unspecified atom stereocenters. The Kier molecular flexibility index (Phi) is 2.72. The van der Waals surface area contributed by atoms with E-state index in [9.17, 15) is 9.90 Å². The van der Waals surface area contributed by atoms with Crippen LogP contribution in [-0.4, -0.2) is 16.1 Å². The highest BCUT2D eigenvalue weighted by Gasteiger charge is 2.10. The van der Waals surface area contributed by atoms with E-state index in [0.29, 0.717) is 5.52 Å². The molecule has 3 heteroatoms. The van der Waals surface area contributed by atoms with Crippen LogP contribution >= 0.6 is 0 Å². The molecule has 3 nitrogen and oxygen atoms in total. The molecule has 1 aromatic heterocycles. The summed E-state index contributed by atoms with van der Waals surface area (Å²) in [4.78, 5) is 15.7. The molecule has 0 atom stereocenters. The van der Waals surface area contributed by atoms with Crippen LogP contribution in [0.3, 0.4) is 0 Å². The van der Waals surface area contributed by atoms with Crippen molar-refractivity contribution in [1.29, 1.82) is 0 Å². The molecule has 0 saturated heterocycles. The van der Waals surface area contributed by atoms with Gasteiger partial charge in [0.05, 0.1) is 16.8 Å². The SMILES string of the molecule is O=C(O)c1cccc2ccc(-c3ccccc3)nc12. The van der Waals surface area contributed by atoms with E-state index in [0.717, 1.165) is 16.6 Å². The Bertz CT molecular complexity index is 751. The number of hydrogen-bond acceptors (Lipinski definition) is 2. The Balaban J connectivity index is 2.25. The van der Waals surface area contributed by atoms with Crippen molar-refractivity contribution in [3.05, 3.63) is 66.2 Å². The maximum Gasteiger partial charge on any atom is 0.337 e. The van der Waals surface area contributed by atoms with E-state index in [1.807, 2.05) is 48.5 Å². The van der Waals surface area contributed by atoms with Crippen LogP contribution in [0, 0.1) is 0 Å². The smallest absolute Gasteiger partial charge is 0.337 e. The fourth-order valence-electron chi connectivity index (χ4n) is 2.09. The first-order valence-corrected chi connectivity index (χ1v) is 5.94. The van der Waals surface area contributed by atoms with Crippen LogP contribution in [0.2, 0.25) is 0 Å². The summed E-state index contributed by atoms with van der Waals surface area (Å²) in [5.41, 5.74) is 2.51. The zero-order chi connectivity index (χ0) is 13.2. The third-order valence-corrected chi connectivity index (χ3v) is 3.02. The van der Waals surface area contributed by atoms with Crippen molar-refractivity contribution in [2.24, 2.45) is 0 Å². The van der Waals surface area contributed by atoms with Gasteiger partial charge < -0.3 is 5.11 Å². The second-order valence-electron chi connectivity index (χ2n) is 4.24. The predicted molar refractivity (Wildman–Crippen MR) is 74.1 cm³/mol. The lowest BCUT2D eigenvalue weighted by Gasteiger charge is -2.05. The maximum atomic E-state index is 11.2. The summed E-state index contributed by atoms with van der Waals surface area (Å²) in [5.74, 6) is -0.955. The zero-order valence-corrected chi connectivity index (χ0v) is 10.1. The molecular formula is C16H11NO2. The summed E-state index contributed by atoms with van der Waals surface area (Å²) in [6, 6.07) is 18.7.